The highest BCUT2D eigenvalue weighted by atomic mass is 19.2. The quantitative estimate of drug-likeness (QED) is 0.660. The van der Waals surface area contributed by atoms with Crippen molar-refractivity contribution in [2.75, 3.05) is 11.9 Å². The normalized spacial score (nSPS) is 10.9. The maximum absolute atomic E-state index is 13.6. The third kappa shape index (κ3) is 2.83. The number of aromatic hydroxyl groups is 1. The molecule has 0 amide bonds. The molecule has 9 heteroatoms. The first-order valence-electron chi connectivity index (χ1n) is 6.94. The van der Waals surface area contributed by atoms with Crippen molar-refractivity contribution >= 4 is 17.4 Å². The van der Waals surface area contributed by atoms with Crippen LogP contribution in [0.3, 0.4) is 0 Å². The third-order valence-corrected chi connectivity index (χ3v) is 3.45. The minimum Gasteiger partial charge on any atom is -0.508 e. The van der Waals surface area contributed by atoms with Crippen molar-refractivity contribution < 1.29 is 23.8 Å². The van der Waals surface area contributed by atoms with Crippen molar-refractivity contribution in [2.24, 2.45) is 0 Å². The van der Waals surface area contributed by atoms with Gasteiger partial charge in [0.25, 0.3) is 0 Å². The first kappa shape index (κ1) is 15.7. The molecule has 124 valence electrons. The van der Waals surface area contributed by atoms with Crippen LogP contribution in [0.25, 0.3) is 5.65 Å². The van der Waals surface area contributed by atoms with Crippen LogP contribution < -0.4 is 5.32 Å². The molecule has 2 heterocycles. The van der Waals surface area contributed by atoms with E-state index < -0.39 is 17.6 Å². The van der Waals surface area contributed by atoms with E-state index in [-0.39, 0.29) is 35.5 Å². The van der Waals surface area contributed by atoms with E-state index in [0.29, 0.717) is 5.82 Å². The zero-order valence-electron chi connectivity index (χ0n) is 12.2. The fraction of sp³-hybridized carbons (Fsp3) is 0.133. The number of nitrogens with one attached hydrogen (secondary N) is 1. The fourth-order valence-corrected chi connectivity index (χ4v) is 2.25. The number of aromatic nitrogens is 3. The summed E-state index contributed by atoms with van der Waals surface area (Å²) >= 11 is 0. The summed E-state index contributed by atoms with van der Waals surface area (Å²) in [5.74, 6) is -3.26. The van der Waals surface area contributed by atoms with Gasteiger partial charge in [-0.3, -0.25) is 0 Å². The number of hydrogen-bond acceptors (Lipinski definition) is 5. The zero-order chi connectivity index (χ0) is 17.3. The van der Waals surface area contributed by atoms with Gasteiger partial charge in [0.1, 0.15) is 17.1 Å². The van der Waals surface area contributed by atoms with Crippen molar-refractivity contribution in [3.63, 3.8) is 0 Å². The van der Waals surface area contributed by atoms with Crippen molar-refractivity contribution in [1.82, 2.24) is 14.6 Å². The Labute approximate surface area is 134 Å². The van der Waals surface area contributed by atoms with Crippen LogP contribution in [-0.2, 0) is 6.42 Å². The maximum atomic E-state index is 13.6. The molecule has 0 bridgehead atoms. The van der Waals surface area contributed by atoms with Gasteiger partial charge in [-0.15, -0.1) is 0 Å². The predicted octanol–water partition coefficient (Wildman–Crippen LogP) is 2.07. The van der Waals surface area contributed by atoms with Crippen LogP contribution in [0.1, 0.15) is 15.9 Å². The van der Waals surface area contributed by atoms with Gasteiger partial charge in [0, 0.05) is 18.3 Å². The molecule has 24 heavy (non-hydrogen) atoms. The monoisotopic (exact) mass is 334 g/mol. The number of carbonyl (C=O) groups is 1. The van der Waals surface area contributed by atoms with Crippen LogP contribution in [0.15, 0.2) is 30.6 Å². The molecule has 0 fully saturated rings. The number of halogens is 2. The highest BCUT2D eigenvalue weighted by Gasteiger charge is 2.14. The number of rotatable bonds is 5. The zero-order valence-corrected chi connectivity index (χ0v) is 12.2. The van der Waals surface area contributed by atoms with Gasteiger partial charge >= 0.3 is 5.97 Å². The van der Waals surface area contributed by atoms with E-state index in [2.05, 4.69) is 15.4 Å². The average molecular weight is 334 g/mol. The Morgan fingerprint density at radius 3 is 2.83 bits per heavy atom. The van der Waals surface area contributed by atoms with Crippen LogP contribution >= 0.6 is 0 Å². The van der Waals surface area contributed by atoms with E-state index in [1.54, 1.807) is 6.07 Å². The molecule has 7 nitrogen and oxygen atoms in total. The summed E-state index contributed by atoms with van der Waals surface area (Å²) in [6, 6.07) is 3.50. The Morgan fingerprint density at radius 2 is 2.08 bits per heavy atom. The lowest BCUT2D eigenvalue weighted by molar-refractivity contribution is 0.0698. The summed E-state index contributed by atoms with van der Waals surface area (Å²) in [5.41, 5.74) is -0.0288. The summed E-state index contributed by atoms with van der Waals surface area (Å²) in [5, 5.41) is 25.4. The van der Waals surface area contributed by atoms with Gasteiger partial charge in [-0.2, -0.15) is 5.10 Å². The van der Waals surface area contributed by atoms with Crippen molar-refractivity contribution in [1.29, 1.82) is 0 Å². The average Bonchev–Trinajstić information content (AvgIpc) is 2.98. The van der Waals surface area contributed by atoms with Gasteiger partial charge in [-0.1, -0.05) is 0 Å². The minimum atomic E-state index is -1.15. The van der Waals surface area contributed by atoms with Gasteiger partial charge < -0.3 is 15.5 Å². The topological polar surface area (TPSA) is 99.8 Å². The van der Waals surface area contributed by atoms with Crippen LogP contribution in [0.5, 0.6) is 5.75 Å². The number of phenolic OH excluding ortho intramolecular Hbond substituents is 1. The summed E-state index contributed by atoms with van der Waals surface area (Å²) in [6.07, 6.45) is 2.74. The Kier molecular flexibility index (Phi) is 3.98. The van der Waals surface area contributed by atoms with E-state index >= 15 is 0 Å². The molecule has 0 aliphatic carbocycles. The summed E-state index contributed by atoms with van der Waals surface area (Å²) < 4.78 is 28.1. The molecule has 3 aromatic rings. The Hall–Kier alpha value is -3.23. The third-order valence-electron chi connectivity index (χ3n) is 3.45. The highest BCUT2D eigenvalue weighted by Crippen LogP contribution is 2.23. The molecule has 0 saturated carbocycles. The first-order chi connectivity index (χ1) is 11.5. The molecule has 3 rings (SSSR count). The number of nitrogens with zero attached hydrogens (tertiary/aromatic N) is 3. The fourth-order valence-electron chi connectivity index (χ4n) is 2.25. The Balaban J connectivity index is 1.76. The van der Waals surface area contributed by atoms with Gasteiger partial charge in [0.15, 0.2) is 17.3 Å². The number of hydrogen-bond donors (Lipinski definition) is 3. The number of anilines is 1. The first-order valence-corrected chi connectivity index (χ1v) is 6.94. The number of fused-ring (bicyclic) bond motifs is 1. The molecule has 0 unspecified atom stereocenters. The smallest absolute Gasteiger partial charge is 0.341 e. The number of carboxylic acid groups (broad SMARTS) is 1. The van der Waals surface area contributed by atoms with Gasteiger partial charge in [0.2, 0.25) is 0 Å². The van der Waals surface area contributed by atoms with Crippen LogP contribution in [0, 0.1) is 11.6 Å². The van der Waals surface area contributed by atoms with E-state index in [1.165, 1.54) is 16.9 Å². The lowest BCUT2D eigenvalue weighted by atomic mass is 10.1. The van der Waals surface area contributed by atoms with E-state index in [9.17, 15) is 18.7 Å². The molecule has 0 aliphatic rings. The van der Waals surface area contributed by atoms with Crippen LogP contribution in [-0.4, -0.2) is 37.3 Å². The molecule has 0 radical (unpaired) electrons. The largest absolute Gasteiger partial charge is 0.508 e. The molecule has 0 spiro atoms. The van der Waals surface area contributed by atoms with Gasteiger partial charge in [-0.25, -0.2) is 23.1 Å². The minimum absolute atomic E-state index is 0.0212. The second-order valence-corrected chi connectivity index (χ2v) is 4.98. The van der Waals surface area contributed by atoms with Crippen LogP contribution in [0.4, 0.5) is 14.6 Å². The van der Waals surface area contributed by atoms with Crippen molar-refractivity contribution in [3.8, 4) is 5.75 Å². The predicted molar refractivity (Wildman–Crippen MR) is 80.2 cm³/mol. The molecule has 0 atom stereocenters. The van der Waals surface area contributed by atoms with Crippen LogP contribution in [0.2, 0.25) is 0 Å². The standard InChI is InChI=1S/C15H12F2N4O3/c16-10-1-2-11(22)8(13(10)17)3-5-18-12-4-6-21-14(20-12)9(7-19-21)15(23)24/h1-2,4,6-7,22H,3,5H2,(H,18,20)(H,23,24). The molecule has 1 aromatic carbocycles. The number of phenols is 1. The van der Waals surface area contributed by atoms with Gasteiger partial charge in [0.05, 0.1) is 6.20 Å². The van der Waals surface area contributed by atoms with E-state index in [0.717, 1.165) is 12.1 Å². The molecule has 2 aromatic heterocycles. The number of benzene rings is 1. The molecular formula is C15H12F2N4O3. The Morgan fingerprint density at radius 1 is 1.29 bits per heavy atom. The van der Waals surface area contributed by atoms with E-state index in [4.69, 9.17) is 5.11 Å². The number of aromatic carboxylic acids is 1. The highest BCUT2D eigenvalue weighted by molar-refractivity contribution is 5.94. The summed E-state index contributed by atoms with van der Waals surface area (Å²) in [6.45, 7) is 0.160. The number of carboxylic acids is 1. The molecule has 3 N–H and O–H groups in total. The molecular weight excluding hydrogens is 322 g/mol. The SMILES string of the molecule is O=C(O)c1cnn2ccc(NCCc3c(O)ccc(F)c3F)nc12. The lowest BCUT2D eigenvalue weighted by Gasteiger charge is -2.09. The van der Waals surface area contributed by atoms with E-state index in [1.807, 2.05) is 0 Å². The molecule has 0 aliphatic heterocycles. The van der Waals surface area contributed by atoms with Crippen molar-refractivity contribution in [3.05, 3.63) is 53.4 Å². The maximum Gasteiger partial charge on any atom is 0.341 e. The van der Waals surface area contributed by atoms with Crippen molar-refractivity contribution in [2.45, 2.75) is 6.42 Å². The summed E-state index contributed by atoms with van der Waals surface area (Å²) in [4.78, 5) is 15.2. The lowest BCUT2D eigenvalue weighted by Crippen LogP contribution is -2.09. The second kappa shape index (κ2) is 6.11. The van der Waals surface area contributed by atoms with Gasteiger partial charge in [-0.05, 0) is 24.6 Å². The second-order valence-electron chi connectivity index (χ2n) is 4.98. The summed E-state index contributed by atoms with van der Waals surface area (Å²) in [7, 11) is 0. The Bertz CT molecular complexity index is 926. The molecule has 0 saturated heterocycles.